The van der Waals surface area contributed by atoms with Gasteiger partial charge in [-0.25, -0.2) is 0 Å². The molecule has 3 N–H and O–H groups in total. The molecule has 0 fully saturated rings. The van der Waals surface area contributed by atoms with Gasteiger partial charge in [0.15, 0.2) is 0 Å². The summed E-state index contributed by atoms with van der Waals surface area (Å²) in [6.07, 6.45) is 0.333. The summed E-state index contributed by atoms with van der Waals surface area (Å²) in [6.45, 7) is 2.85. The van der Waals surface area contributed by atoms with E-state index in [0.717, 1.165) is 16.1 Å². The summed E-state index contributed by atoms with van der Waals surface area (Å²) in [4.78, 5) is 13.0. The van der Waals surface area contributed by atoms with Gasteiger partial charge in [0.25, 0.3) is 0 Å². The van der Waals surface area contributed by atoms with Crippen molar-refractivity contribution in [1.82, 2.24) is 0 Å². The quantitative estimate of drug-likeness (QED) is 0.634. The average molecular weight is 290 g/mol. The van der Waals surface area contributed by atoms with Crippen molar-refractivity contribution in [1.29, 1.82) is 0 Å². The Bertz CT molecular complexity index is 567. The maximum atomic E-state index is 11.8. The first-order valence-electron chi connectivity index (χ1n) is 6.42. The highest BCUT2D eigenvalue weighted by molar-refractivity contribution is 7.09. The minimum atomic E-state index is -0.0649. The molecule has 0 atom stereocenters. The van der Waals surface area contributed by atoms with Gasteiger partial charge in [0.2, 0.25) is 5.91 Å². The highest BCUT2D eigenvalue weighted by Crippen LogP contribution is 2.20. The Morgan fingerprint density at radius 2 is 2.20 bits per heavy atom. The number of benzene rings is 1. The van der Waals surface area contributed by atoms with E-state index in [1.807, 2.05) is 42.6 Å². The van der Waals surface area contributed by atoms with Crippen LogP contribution in [0.2, 0.25) is 0 Å². The van der Waals surface area contributed by atoms with Crippen LogP contribution < -0.4 is 11.1 Å². The molecule has 106 valence electrons. The Morgan fingerprint density at radius 3 is 2.95 bits per heavy atom. The van der Waals surface area contributed by atoms with Crippen molar-refractivity contribution in [3.05, 3.63) is 46.2 Å². The second-order valence-corrected chi connectivity index (χ2v) is 5.48. The van der Waals surface area contributed by atoms with Crippen LogP contribution in [0, 0.1) is 6.92 Å². The second kappa shape index (κ2) is 7.07. The van der Waals surface area contributed by atoms with Crippen LogP contribution in [0.5, 0.6) is 0 Å². The van der Waals surface area contributed by atoms with Crippen molar-refractivity contribution in [3.8, 4) is 0 Å². The molecule has 0 aliphatic rings. The zero-order valence-electron chi connectivity index (χ0n) is 11.4. The van der Waals surface area contributed by atoms with Crippen LogP contribution in [0.25, 0.3) is 0 Å². The molecule has 0 aliphatic carbocycles. The van der Waals surface area contributed by atoms with Crippen LogP contribution >= 0.6 is 11.3 Å². The van der Waals surface area contributed by atoms with Crippen LogP contribution in [0.15, 0.2) is 35.7 Å². The van der Waals surface area contributed by atoms with Gasteiger partial charge in [-0.1, -0.05) is 12.1 Å². The standard InChI is InChI=1S/C15H18N2O2S/c1-11-13(16)5-2-6-14(11)17-15(18)7-8-19-10-12-4-3-9-20-12/h2-6,9H,7-8,10,16H2,1H3,(H,17,18). The minimum absolute atomic E-state index is 0.0649. The lowest BCUT2D eigenvalue weighted by Gasteiger charge is -2.10. The van der Waals surface area contributed by atoms with Crippen LogP contribution in [-0.4, -0.2) is 12.5 Å². The molecule has 0 bridgehead atoms. The van der Waals surface area contributed by atoms with Crippen molar-refractivity contribution in [3.63, 3.8) is 0 Å². The van der Waals surface area contributed by atoms with E-state index >= 15 is 0 Å². The molecule has 0 saturated heterocycles. The van der Waals surface area contributed by atoms with Crippen molar-refractivity contribution in [2.75, 3.05) is 17.7 Å². The minimum Gasteiger partial charge on any atom is -0.398 e. The highest BCUT2D eigenvalue weighted by atomic mass is 32.1. The first-order chi connectivity index (χ1) is 9.66. The van der Waals surface area contributed by atoms with Gasteiger partial charge in [-0.3, -0.25) is 4.79 Å². The van der Waals surface area contributed by atoms with Crippen LogP contribution in [0.3, 0.4) is 0 Å². The SMILES string of the molecule is Cc1c(N)cccc1NC(=O)CCOCc1cccs1. The van der Waals surface area contributed by atoms with E-state index in [9.17, 15) is 4.79 Å². The van der Waals surface area contributed by atoms with Gasteiger partial charge in [0, 0.05) is 16.3 Å². The van der Waals surface area contributed by atoms with Gasteiger partial charge < -0.3 is 15.8 Å². The van der Waals surface area contributed by atoms with Gasteiger partial charge in [-0.2, -0.15) is 0 Å². The molecule has 0 unspecified atom stereocenters. The van der Waals surface area contributed by atoms with Crippen molar-refractivity contribution in [2.45, 2.75) is 20.0 Å². The number of nitrogens with two attached hydrogens (primary N) is 1. The third-order valence-corrected chi connectivity index (χ3v) is 3.80. The summed E-state index contributed by atoms with van der Waals surface area (Å²) >= 11 is 1.65. The molecule has 0 radical (unpaired) electrons. The largest absolute Gasteiger partial charge is 0.398 e. The van der Waals surface area contributed by atoms with Crippen LogP contribution in [-0.2, 0) is 16.1 Å². The molecule has 0 saturated carbocycles. The monoisotopic (exact) mass is 290 g/mol. The molecule has 1 aromatic heterocycles. The van der Waals surface area contributed by atoms with Gasteiger partial charge in [-0.05, 0) is 36.1 Å². The van der Waals surface area contributed by atoms with Gasteiger partial charge in [0.05, 0.1) is 19.6 Å². The number of carbonyl (C=O) groups is 1. The van der Waals surface area contributed by atoms with E-state index < -0.39 is 0 Å². The summed E-state index contributed by atoms with van der Waals surface area (Å²) in [5.74, 6) is -0.0649. The molecule has 5 heteroatoms. The normalized spacial score (nSPS) is 10.4. The number of rotatable bonds is 6. The average Bonchev–Trinajstić information content (AvgIpc) is 2.93. The van der Waals surface area contributed by atoms with Gasteiger partial charge in [-0.15, -0.1) is 11.3 Å². The molecule has 1 aromatic carbocycles. The number of ether oxygens (including phenoxy) is 1. The fourth-order valence-corrected chi connectivity index (χ4v) is 2.37. The second-order valence-electron chi connectivity index (χ2n) is 4.45. The van der Waals surface area contributed by atoms with E-state index in [1.165, 1.54) is 0 Å². The Labute approximate surface area is 122 Å². The Balaban J connectivity index is 1.74. The van der Waals surface area contributed by atoms with Gasteiger partial charge in [0.1, 0.15) is 0 Å². The van der Waals surface area contributed by atoms with E-state index in [2.05, 4.69) is 5.32 Å². The Hall–Kier alpha value is -1.85. The molecule has 1 amide bonds. The predicted octanol–water partition coefficient (Wildman–Crippen LogP) is 3.18. The first kappa shape index (κ1) is 14.6. The first-order valence-corrected chi connectivity index (χ1v) is 7.30. The maximum Gasteiger partial charge on any atom is 0.226 e. The number of thiophene rings is 1. The molecule has 1 heterocycles. The topological polar surface area (TPSA) is 64.3 Å². The van der Waals surface area contributed by atoms with Crippen LogP contribution in [0.1, 0.15) is 16.9 Å². The van der Waals surface area contributed by atoms with Gasteiger partial charge >= 0.3 is 0 Å². The summed E-state index contributed by atoms with van der Waals surface area (Å²) in [6, 6.07) is 9.48. The third-order valence-electron chi connectivity index (χ3n) is 2.95. The fourth-order valence-electron chi connectivity index (χ4n) is 1.73. The molecular weight excluding hydrogens is 272 g/mol. The lowest BCUT2D eigenvalue weighted by atomic mass is 10.1. The molecular formula is C15H18N2O2S. The Morgan fingerprint density at radius 1 is 1.35 bits per heavy atom. The van der Waals surface area contributed by atoms with Crippen molar-refractivity contribution >= 4 is 28.6 Å². The number of hydrogen-bond donors (Lipinski definition) is 2. The van der Waals surface area contributed by atoms with E-state index in [-0.39, 0.29) is 5.91 Å². The zero-order valence-corrected chi connectivity index (χ0v) is 12.2. The number of nitrogens with one attached hydrogen (secondary N) is 1. The lowest BCUT2D eigenvalue weighted by molar-refractivity contribution is -0.117. The molecule has 0 spiro atoms. The summed E-state index contributed by atoms with van der Waals surface area (Å²) < 4.78 is 5.47. The number of hydrogen-bond acceptors (Lipinski definition) is 4. The predicted molar refractivity (Wildman–Crippen MR) is 82.8 cm³/mol. The molecule has 0 aliphatic heterocycles. The number of amides is 1. The smallest absolute Gasteiger partial charge is 0.226 e. The van der Waals surface area contributed by atoms with E-state index in [0.29, 0.717) is 25.3 Å². The third kappa shape index (κ3) is 4.08. The molecule has 4 nitrogen and oxygen atoms in total. The van der Waals surface area contributed by atoms with Crippen molar-refractivity contribution in [2.24, 2.45) is 0 Å². The van der Waals surface area contributed by atoms with Crippen LogP contribution in [0.4, 0.5) is 11.4 Å². The fraction of sp³-hybridized carbons (Fsp3) is 0.267. The lowest BCUT2D eigenvalue weighted by Crippen LogP contribution is -2.15. The summed E-state index contributed by atoms with van der Waals surface area (Å²) in [5.41, 5.74) is 8.12. The zero-order chi connectivity index (χ0) is 14.4. The molecule has 20 heavy (non-hydrogen) atoms. The van der Waals surface area contributed by atoms with Crippen molar-refractivity contribution < 1.29 is 9.53 Å². The number of anilines is 2. The molecule has 2 rings (SSSR count). The number of carbonyl (C=O) groups excluding carboxylic acids is 1. The number of nitrogen functional groups attached to an aromatic ring is 1. The molecule has 2 aromatic rings. The Kier molecular flexibility index (Phi) is 5.15. The maximum absolute atomic E-state index is 11.8. The summed E-state index contributed by atoms with van der Waals surface area (Å²) in [7, 11) is 0. The van der Waals surface area contributed by atoms with E-state index in [1.54, 1.807) is 11.3 Å². The highest BCUT2D eigenvalue weighted by Gasteiger charge is 2.06. The summed E-state index contributed by atoms with van der Waals surface area (Å²) in [5, 5.41) is 4.86. The van der Waals surface area contributed by atoms with E-state index in [4.69, 9.17) is 10.5 Å².